The molecule has 0 saturated heterocycles. The predicted octanol–water partition coefficient (Wildman–Crippen LogP) is 1.95. The number of carbonyl (C=O) groups excluding carboxylic acids is 2. The summed E-state index contributed by atoms with van der Waals surface area (Å²) in [6, 6.07) is 9.51. The fourth-order valence-electron chi connectivity index (χ4n) is 2.33. The monoisotopic (exact) mass is 409 g/mol. The Balaban J connectivity index is 2.02. The first-order valence-corrected chi connectivity index (χ1v) is 10.6. The molecule has 1 aromatic carbocycles. The second-order valence-corrected chi connectivity index (χ2v) is 9.33. The first-order valence-electron chi connectivity index (χ1n) is 8.24. The lowest BCUT2D eigenvalue weighted by Gasteiger charge is -2.24. The van der Waals surface area contributed by atoms with Crippen LogP contribution in [0, 0.1) is 0 Å². The normalized spacial score (nSPS) is 12.6. The summed E-state index contributed by atoms with van der Waals surface area (Å²) in [6.45, 7) is 1.75. The summed E-state index contributed by atoms with van der Waals surface area (Å²) in [6.07, 6.45) is 0. The van der Waals surface area contributed by atoms with Crippen molar-refractivity contribution in [3.63, 3.8) is 0 Å². The minimum Gasteiger partial charge on any atom is -0.343 e. The van der Waals surface area contributed by atoms with E-state index in [9.17, 15) is 18.0 Å². The molecule has 1 unspecified atom stereocenters. The Hall–Kier alpha value is -2.23. The van der Waals surface area contributed by atoms with Gasteiger partial charge in [0.15, 0.2) is 0 Å². The van der Waals surface area contributed by atoms with Gasteiger partial charge in [-0.25, -0.2) is 12.7 Å². The van der Waals surface area contributed by atoms with Crippen LogP contribution in [-0.4, -0.2) is 57.1 Å². The molecule has 2 aromatic rings. The summed E-state index contributed by atoms with van der Waals surface area (Å²) < 4.78 is 25.4. The van der Waals surface area contributed by atoms with Gasteiger partial charge >= 0.3 is 0 Å². The van der Waals surface area contributed by atoms with Crippen LogP contribution in [0.1, 0.15) is 28.2 Å². The third-order valence-electron chi connectivity index (χ3n) is 4.20. The number of carbonyl (C=O) groups is 2. The molecule has 0 radical (unpaired) electrons. The summed E-state index contributed by atoms with van der Waals surface area (Å²) >= 11 is 1.56. The lowest BCUT2D eigenvalue weighted by molar-refractivity contribution is -0.130. The first kappa shape index (κ1) is 21.1. The summed E-state index contributed by atoms with van der Waals surface area (Å²) in [5.74, 6) is -0.738. The van der Waals surface area contributed by atoms with Crippen LogP contribution in [0.25, 0.3) is 0 Å². The minimum atomic E-state index is -3.63. The second kappa shape index (κ2) is 8.64. The highest BCUT2D eigenvalue weighted by Crippen LogP contribution is 2.23. The zero-order valence-electron chi connectivity index (χ0n) is 15.7. The maximum atomic E-state index is 12.3. The highest BCUT2D eigenvalue weighted by molar-refractivity contribution is 7.89. The van der Waals surface area contributed by atoms with E-state index in [2.05, 4.69) is 5.32 Å². The van der Waals surface area contributed by atoms with Crippen LogP contribution in [0.2, 0.25) is 0 Å². The first-order chi connectivity index (χ1) is 12.6. The van der Waals surface area contributed by atoms with Crippen molar-refractivity contribution in [3.8, 4) is 0 Å². The molecular formula is C18H23N3O4S2. The van der Waals surface area contributed by atoms with E-state index >= 15 is 0 Å². The van der Waals surface area contributed by atoms with Crippen molar-refractivity contribution in [2.75, 3.05) is 27.7 Å². The molecule has 2 amide bonds. The molecule has 2 rings (SSSR count). The van der Waals surface area contributed by atoms with Crippen LogP contribution in [0.4, 0.5) is 0 Å². The van der Waals surface area contributed by atoms with Crippen molar-refractivity contribution in [2.24, 2.45) is 0 Å². The molecule has 27 heavy (non-hydrogen) atoms. The lowest BCUT2D eigenvalue weighted by Crippen LogP contribution is -2.39. The molecule has 0 aliphatic heterocycles. The quantitative estimate of drug-likeness (QED) is 0.757. The fourth-order valence-corrected chi connectivity index (χ4v) is 4.10. The van der Waals surface area contributed by atoms with Gasteiger partial charge < -0.3 is 10.2 Å². The number of nitrogens with one attached hydrogen (secondary N) is 1. The van der Waals surface area contributed by atoms with Crippen LogP contribution in [0.5, 0.6) is 0 Å². The van der Waals surface area contributed by atoms with Crippen molar-refractivity contribution < 1.29 is 18.0 Å². The van der Waals surface area contributed by atoms with Gasteiger partial charge in [0.2, 0.25) is 15.9 Å². The standard InChI is InChI=1S/C18H23N3O4S2/c1-13(16-9-6-10-26-16)21(4)17(22)12-19-18(23)14-7-5-8-15(11-14)27(24,25)20(2)3/h5-11,13H,12H2,1-4H3,(H,19,23). The Kier molecular flexibility index (Phi) is 6.74. The van der Waals surface area contributed by atoms with Crippen molar-refractivity contribution in [2.45, 2.75) is 17.9 Å². The Morgan fingerprint density at radius 1 is 1.15 bits per heavy atom. The molecular weight excluding hydrogens is 386 g/mol. The third kappa shape index (κ3) is 4.94. The molecule has 0 fully saturated rings. The highest BCUT2D eigenvalue weighted by Gasteiger charge is 2.21. The van der Waals surface area contributed by atoms with E-state index in [1.54, 1.807) is 23.3 Å². The molecule has 146 valence electrons. The molecule has 7 nitrogen and oxygen atoms in total. The van der Waals surface area contributed by atoms with Crippen LogP contribution in [0.15, 0.2) is 46.7 Å². The van der Waals surface area contributed by atoms with Crippen LogP contribution in [-0.2, 0) is 14.8 Å². The molecule has 0 aliphatic rings. The molecule has 0 spiro atoms. The highest BCUT2D eigenvalue weighted by atomic mass is 32.2. The van der Waals surface area contributed by atoms with Crippen LogP contribution >= 0.6 is 11.3 Å². The molecule has 0 bridgehead atoms. The SMILES string of the molecule is CC(c1cccs1)N(C)C(=O)CNC(=O)c1cccc(S(=O)(=O)N(C)C)c1. The van der Waals surface area contributed by atoms with Gasteiger partial charge in [-0.2, -0.15) is 0 Å². The van der Waals surface area contributed by atoms with Gasteiger partial charge in [0.05, 0.1) is 17.5 Å². The second-order valence-electron chi connectivity index (χ2n) is 6.19. The fraction of sp³-hybridized carbons (Fsp3) is 0.333. The van der Waals surface area contributed by atoms with Crippen molar-refractivity contribution in [1.29, 1.82) is 0 Å². The largest absolute Gasteiger partial charge is 0.343 e. The van der Waals surface area contributed by atoms with Crippen LogP contribution < -0.4 is 5.32 Å². The van der Waals surface area contributed by atoms with Gasteiger partial charge in [-0.05, 0) is 36.6 Å². The average molecular weight is 410 g/mol. The van der Waals surface area contributed by atoms with E-state index in [0.29, 0.717) is 0 Å². The van der Waals surface area contributed by atoms with E-state index in [0.717, 1.165) is 9.18 Å². The number of nitrogens with zero attached hydrogens (tertiary/aromatic N) is 2. The van der Waals surface area contributed by atoms with Crippen LogP contribution in [0.3, 0.4) is 0 Å². The molecule has 1 N–H and O–H groups in total. The van der Waals surface area contributed by atoms with E-state index in [1.165, 1.54) is 38.4 Å². The van der Waals surface area contributed by atoms with Gasteiger partial charge in [0.1, 0.15) is 0 Å². The molecule has 1 aromatic heterocycles. The predicted molar refractivity (Wildman–Crippen MR) is 105 cm³/mol. The van der Waals surface area contributed by atoms with Gasteiger partial charge in [-0.1, -0.05) is 12.1 Å². The summed E-state index contributed by atoms with van der Waals surface area (Å²) in [5, 5.41) is 4.50. The van der Waals surface area contributed by atoms with E-state index < -0.39 is 15.9 Å². The molecule has 1 atom stereocenters. The van der Waals surface area contributed by atoms with Crippen molar-refractivity contribution in [3.05, 3.63) is 52.2 Å². The minimum absolute atomic E-state index is 0.0231. The Labute approximate surface area is 163 Å². The summed E-state index contributed by atoms with van der Waals surface area (Å²) in [4.78, 5) is 27.3. The van der Waals surface area contributed by atoms with Gasteiger partial charge in [0.25, 0.3) is 5.91 Å². The zero-order chi connectivity index (χ0) is 20.2. The summed E-state index contributed by atoms with van der Waals surface area (Å²) in [7, 11) is 0.893. The third-order valence-corrected chi connectivity index (χ3v) is 7.06. The maximum absolute atomic E-state index is 12.3. The number of benzene rings is 1. The Bertz CT molecular complexity index is 908. The smallest absolute Gasteiger partial charge is 0.251 e. The number of likely N-dealkylation sites (N-methyl/N-ethyl adjacent to an activating group) is 1. The average Bonchev–Trinajstić information content (AvgIpc) is 3.19. The van der Waals surface area contributed by atoms with Gasteiger partial charge in [-0.3, -0.25) is 9.59 Å². The number of rotatable bonds is 7. The number of hydrogen-bond acceptors (Lipinski definition) is 5. The Morgan fingerprint density at radius 2 is 1.85 bits per heavy atom. The van der Waals surface area contributed by atoms with Gasteiger partial charge in [0, 0.05) is 31.6 Å². The van der Waals surface area contributed by atoms with E-state index in [4.69, 9.17) is 0 Å². The number of hydrogen-bond donors (Lipinski definition) is 1. The van der Waals surface area contributed by atoms with Gasteiger partial charge in [-0.15, -0.1) is 11.3 Å². The number of thiophene rings is 1. The summed E-state index contributed by atoms with van der Waals surface area (Å²) in [5.41, 5.74) is 0.180. The molecule has 0 aliphatic carbocycles. The van der Waals surface area contributed by atoms with E-state index in [-0.39, 0.29) is 29.0 Å². The zero-order valence-corrected chi connectivity index (χ0v) is 17.3. The number of amides is 2. The maximum Gasteiger partial charge on any atom is 0.251 e. The van der Waals surface area contributed by atoms with E-state index in [1.807, 2.05) is 24.4 Å². The lowest BCUT2D eigenvalue weighted by atomic mass is 10.2. The molecule has 0 saturated carbocycles. The Morgan fingerprint density at radius 3 is 2.44 bits per heavy atom. The molecule has 9 heteroatoms. The van der Waals surface area contributed by atoms with Crippen molar-refractivity contribution >= 4 is 33.2 Å². The topological polar surface area (TPSA) is 86.8 Å². The molecule has 1 heterocycles. The number of sulfonamides is 1. The van der Waals surface area contributed by atoms with Crippen molar-refractivity contribution in [1.82, 2.24) is 14.5 Å².